The van der Waals surface area contributed by atoms with Crippen LogP contribution in [0.4, 0.5) is 0 Å². The highest BCUT2D eigenvalue weighted by Gasteiger charge is 2.35. The Hall–Kier alpha value is -1.66. The summed E-state index contributed by atoms with van der Waals surface area (Å²) in [4.78, 5) is 27.6. The average molecular weight is 293 g/mol. The standard InChI is InChI=1S/C15H23N3O3/c1-16(2)11-15(21)7-5-9-18(12-15)14(20)10-17-8-4-3-6-13(17)19/h3-4,6,8,21H,5,7,9-12H2,1-2H3. The molecule has 1 aliphatic heterocycles. The number of aromatic nitrogens is 1. The van der Waals surface area contributed by atoms with Gasteiger partial charge in [-0.1, -0.05) is 6.07 Å². The fourth-order valence-electron chi connectivity index (χ4n) is 2.88. The first-order valence-electron chi connectivity index (χ1n) is 7.20. The van der Waals surface area contributed by atoms with Crippen LogP contribution in [0.3, 0.4) is 0 Å². The molecule has 0 aliphatic carbocycles. The molecule has 1 aliphatic rings. The number of β-amino-alcohol motifs (C(OH)–C–C–N with tert-alkyl or cyclic N) is 1. The lowest BCUT2D eigenvalue weighted by atomic mass is 9.92. The Balaban J connectivity index is 2.03. The number of likely N-dealkylation sites (N-methyl/N-ethyl adjacent to an activating group) is 1. The van der Waals surface area contributed by atoms with Gasteiger partial charge in [-0.25, -0.2) is 0 Å². The number of nitrogens with zero attached hydrogens (tertiary/aromatic N) is 3. The third-order valence-electron chi connectivity index (χ3n) is 3.72. The number of hydrogen-bond donors (Lipinski definition) is 1. The van der Waals surface area contributed by atoms with Crippen molar-refractivity contribution in [1.82, 2.24) is 14.4 Å². The molecule has 1 atom stereocenters. The molecule has 1 amide bonds. The number of amides is 1. The Labute approximate surface area is 124 Å². The van der Waals surface area contributed by atoms with E-state index in [0.717, 1.165) is 6.42 Å². The van der Waals surface area contributed by atoms with E-state index in [0.29, 0.717) is 26.1 Å². The molecule has 6 heteroatoms. The molecule has 1 unspecified atom stereocenters. The number of aliphatic hydroxyl groups is 1. The third kappa shape index (κ3) is 4.15. The first kappa shape index (κ1) is 15.7. The van der Waals surface area contributed by atoms with E-state index >= 15 is 0 Å². The number of rotatable bonds is 4. The molecule has 0 aromatic carbocycles. The van der Waals surface area contributed by atoms with Gasteiger partial charge in [-0.2, -0.15) is 0 Å². The van der Waals surface area contributed by atoms with Crippen molar-refractivity contribution in [3.8, 4) is 0 Å². The minimum Gasteiger partial charge on any atom is -0.387 e. The normalized spacial score (nSPS) is 22.6. The lowest BCUT2D eigenvalue weighted by Gasteiger charge is -2.40. The molecule has 1 N–H and O–H groups in total. The van der Waals surface area contributed by atoms with Crippen LogP contribution in [0.15, 0.2) is 29.2 Å². The summed E-state index contributed by atoms with van der Waals surface area (Å²) in [5, 5.41) is 10.6. The Kier molecular flexibility index (Phi) is 4.80. The summed E-state index contributed by atoms with van der Waals surface area (Å²) in [7, 11) is 3.81. The van der Waals surface area contributed by atoms with Gasteiger partial charge in [-0.3, -0.25) is 9.59 Å². The highest BCUT2D eigenvalue weighted by Crippen LogP contribution is 2.22. The second-order valence-electron chi connectivity index (χ2n) is 6.05. The lowest BCUT2D eigenvalue weighted by molar-refractivity contribution is -0.139. The highest BCUT2D eigenvalue weighted by atomic mass is 16.3. The monoisotopic (exact) mass is 293 g/mol. The molecule has 1 aromatic rings. The molecule has 116 valence electrons. The van der Waals surface area contributed by atoms with Gasteiger partial charge in [0.15, 0.2) is 0 Å². The van der Waals surface area contributed by atoms with Crippen LogP contribution in [0.2, 0.25) is 0 Å². The maximum absolute atomic E-state index is 12.3. The molecule has 0 radical (unpaired) electrons. The average Bonchev–Trinajstić information content (AvgIpc) is 2.40. The molecule has 0 saturated carbocycles. The molecule has 0 spiro atoms. The van der Waals surface area contributed by atoms with E-state index in [1.807, 2.05) is 19.0 Å². The minimum atomic E-state index is -0.862. The molecule has 0 bridgehead atoms. The van der Waals surface area contributed by atoms with Crippen LogP contribution in [0, 0.1) is 0 Å². The SMILES string of the molecule is CN(C)CC1(O)CCCN(C(=O)Cn2ccccc2=O)C1. The van der Waals surface area contributed by atoms with E-state index in [-0.39, 0.29) is 18.0 Å². The second kappa shape index (κ2) is 6.41. The molecule has 6 nitrogen and oxygen atoms in total. The summed E-state index contributed by atoms with van der Waals surface area (Å²) in [6.45, 7) is 1.52. The number of pyridine rings is 1. The summed E-state index contributed by atoms with van der Waals surface area (Å²) in [6, 6.07) is 4.82. The van der Waals surface area contributed by atoms with Gasteiger partial charge in [-0.05, 0) is 33.0 Å². The maximum Gasteiger partial charge on any atom is 0.250 e. The largest absolute Gasteiger partial charge is 0.387 e. The number of carbonyl (C=O) groups excluding carboxylic acids is 1. The highest BCUT2D eigenvalue weighted by molar-refractivity contribution is 5.76. The van der Waals surface area contributed by atoms with Crippen LogP contribution in [0.5, 0.6) is 0 Å². The smallest absolute Gasteiger partial charge is 0.250 e. The third-order valence-corrected chi connectivity index (χ3v) is 3.72. The van der Waals surface area contributed by atoms with Crippen LogP contribution in [-0.2, 0) is 11.3 Å². The van der Waals surface area contributed by atoms with E-state index in [2.05, 4.69) is 0 Å². The molecule has 1 saturated heterocycles. The summed E-state index contributed by atoms with van der Waals surface area (Å²) >= 11 is 0. The molecule has 1 aromatic heterocycles. The van der Waals surface area contributed by atoms with Crippen molar-refractivity contribution in [2.75, 3.05) is 33.7 Å². The summed E-state index contributed by atoms with van der Waals surface area (Å²) in [5.74, 6) is -0.125. The van der Waals surface area contributed by atoms with E-state index in [1.165, 1.54) is 10.6 Å². The molecule has 2 heterocycles. The van der Waals surface area contributed by atoms with Crippen molar-refractivity contribution < 1.29 is 9.90 Å². The van der Waals surface area contributed by atoms with Crippen molar-refractivity contribution >= 4 is 5.91 Å². The number of carbonyl (C=O) groups is 1. The zero-order chi connectivity index (χ0) is 15.5. The van der Waals surface area contributed by atoms with Crippen molar-refractivity contribution in [3.05, 3.63) is 34.7 Å². The first-order chi connectivity index (χ1) is 9.89. The quantitative estimate of drug-likeness (QED) is 0.832. The topological polar surface area (TPSA) is 65.8 Å². The minimum absolute atomic E-state index is 0.0255. The van der Waals surface area contributed by atoms with Gasteiger partial charge in [-0.15, -0.1) is 0 Å². The van der Waals surface area contributed by atoms with Crippen LogP contribution in [0.1, 0.15) is 12.8 Å². The van der Waals surface area contributed by atoms with Gasteiger partial charge >= 0.3 is 0 Å². The Bertz CT molecular complexity index is 555. The van der Waals surface area contributed by atoms with E-state index < -0.39 is 5.60 Å². The zero-order valence-electron chi connectivity index (χ0n) is 12.7. The van der Waals surface area contributed by atoms with Gasteiger partial charge in [0.05, 0.1) is 12.1 Å². The Morgan fingerprint density at radius 1 is 1.43 bits per heavy atom. The predicted molar refractivity (Wildman–Crippen MR) is 80.0 cm³/mol. The number of piperidine rings is 1. The molecule has 2 rings (SSSR count). The number of hydrogen-bond acceptors (Lipinski definition) is 4. The second-order valence-corrected chi connectivity index (χ2v) is 6.05. The first-order valence-corrected chi connectivity index (χ1v) is 7.20. The fourth-order valence-corrected chi connectivity index (χ4v) is 2.88. The van der Waals surface area contributed by atoms with E-state index in [4.69, 9.17) is 0 Å². The van der Waals surface area contributed by atoms with Gasteiger partial charge in [0.25, 0.3) is 5.56 Å². The van der Waals surface area contributed by atoms with Gasteiger partial charge in [0.1, 0.15) is 6.54 Å². The zero-order valence-corrected chi connectivity index (χ0v) is 12.7. The fraction of sp³-hybridized carbons (Fsp3) is 0.600. The van der Waals surface area contributed by atoms with Gasteiger partial charge in [0, 0.05) is 25.4 Å². The maximum atomic E-state index is 12.3. The Morgan fingerprint density at radius 2 is 2.19 bits per heavy atom. The van der Waals surface area contributed by atoms with Crippen molar-refractivity contribution in [2.45, 2.75) is 25.0 Å². The molecular weight excluding hydrogens is 270 g/mol. The lowest BCUT2D eigenvalue weighted by Crippen LogP contribution is -2.55. The summed E-state index contributed by atoms with van der Waals surface area (Å²) in [5.41, 5.74) is -1.05. The van der Waals surface area contributed by atoms with E-state index in [9.17, 15) is 14.7 Å². The van der Waals surface area contributed by atoms with Crippen LogP contribution < -0.4 is 5.56 Å². The summed E-state index contributed by atoms with van der Waals surface area (Å²) < 4.78 is 1.39. The van der Waals surface area contributed by atoms with Gasteiger partial charge < -0.3 is 19.5 Å². The van der Waals surface area contributed by atoms with Gasteiger partial charge in [0.2, 0.25) is 5.91 Å². The van der Waals surface area contributed by atoms with Crippen LogP contribution >= 0.6 is 0 Å². The van der Waals surface area contributed by atoms with Crippen molar-refractivity contribution in [2.24, 2.45) is 0 Å². The van der Waals surface area contributed by atoms with Crippen LogP contribution in [-0.4, -0.2) is 64.7 Å². The molecule has 21 heavy (non-hydrogen) atoms. The number of likely N-dealkylation sites (tertiary alicyclic amines) is 1. The van der Waals surface area contributed by atoms with Crippen molar-refractivity contribution in [1.29, 1.82) is 0 Å². The van der Waals surface area contributed by atoms with E-state index in [1.54, 1.807) is 23.2 Å². The van der Waals surface area contributed by atoms with Crippen LogP contribution in [0.25, 0.3) is 0 Å². The van der Waals surface area contributed by atoms with Crippen molar-refractivity contribution in [3.63, 3.8) is 0 Å². The molecule has 1 fully saturated rings. The Morgan fingerprint density at radius 3 is 2.86 bits per heavy atom. The molecular formula is C15H23N3O3. The predicted octanol–water partition coefficient (Wildman–Crippen LogP) is -0.237. The summed E-state index contributed by atoms with van der Waals surface area (Å²) in [6.07, 6.45) is 3.08.